The van der Waals surface area contributed by atoms with E-state index >= 15 is 0 Å². The van der Waals surface area contributed by atoms with Crippen LogP contribution in [-0.2, 0) is 0 Å². The highest BCUT2D eigenvalue weighted by Gasteiger charge is 2.19. The molecule has 2 heteroatoms. The minimum atomic E-state index is 0.728. The molecule has 2 rings (SSSR count). The summed E-state index contributed by atoms with van der Waals surface area (Å²) in [5.41, 5.74) is 1.46. The van der Waals surface area contributed by atoms with E-state index in [0.29, 0.717) is 0 Å². The molecule has 1 unspecified atom stereocenters. The summed E-state index contributed by atoms with van der Waals surface area (Å²) >= 11 is 0. The number of likely N-dealkylation sites (tertiary alicyclic amines) is 1. The zero-order valence-electron chi connectivity index (χ0n) is 8.82. The van der Waals surface area contributed by atoms with Gasteiger partial charge >= 0.3 is 0 Å². The molecule has 0 amide bonds. The highest BCUT2D eigenvalue weighted by molar-refractivity contribution is 5.16. The molecule has 0 N–H and O–H groups in total. The van der Waals surface area contributed by atoms with Crippen LogP contribution in [0.4, 0.5) is 0 Å². The molecule has 1 fully saturated rings. The topological polar surface area (TPSA) is 16.1 Å². The van der Waals surface area contributed by atoms with Gasteiger partial charge in [-0.15, -0.1) is 0 Å². The van der Waals surface area contributed by atoms with Crippen molar-refractivity contribution in [3.8, 4) is 0 Å². The zero-order chi connectivity index (χ0) is 9.80. The molecule has 14 heavy (non-hydrogen) atoms. The van der Waals surface area contributed by atoms with Gasteiger partial charge in [-0.25, -0.2) is 0 Å². The van der Waals surface area contributed by atoms with Gasteiger partial charge in [-0.3, -0.25) is 4.98 Å². The van der Waals surface area contributed by atoms with Crippen molar-refractivity contribution in [2.24, 2.45) is 0 Å². The van der Waals surface area contributed by atoms with Crippen LogP contribution >= 0.6 is 0 Å². The Labute approximate surface area is 86.0 Å². The molecular formula is C12H18N2. The van der Waals surface area contributed by atoms with E-state index < -0.39 is 0 Å². The van der Waals surface area contributed by atoms with Crippen LogP contribution in [0.25, 0.3) is 0 Å². The first-order chi connectivity index (χ1) is 6.90. The Kier molecular flexibility index (Phi) is 3.14. The number of rotatable bonds is 2. The summed E-state index contributed by atoms with van der Waals surface area (Å²) in [7, 11) is 0. The number of likely N-dealkylation sites (N-methyl/N-ethyl adjacent to an activating group) is 1. The van der Waals surface area contributed by atoms with E-state index in [2.05, 4.69) is 28.9 Å². The molecule has 1 aromatic rings. The van der Waals surface area contributed by atoms with Gasteiger partial charge in [0.05, 0.1) is 0 Å². The maximum atomic E-state index is 4.07. The van der Waals surface area contributed by atoms with Crippen molar-refractivity contribution < 1.29 is 0 Å². The molecule has 1 atom stereocenters. The van der Waals surface area contributed by atoms with Gasteiger partial charge in [0.1, 0.15) is 0 Å². The van der Waals surface area contributed by atoms with Gasteiger partial charge in [0, 0.05) is 18.9 Å². The molecule has 0 spiro atoms. The molecule has 1 aromatic heterocycles. The molecule has 76 valence electrons. The average Bonchev–Trinajstić information content (AvgIpc) is 2.30. The summed E-state index contributed by atoms with van der Waals surface area (Å²) in [5, 5.41) is 0. The molecule has 2 nitrogen and oxygen atoms in total. The molecule has 0 radical (unpaired) electrons. The fraction of sp³-hybridized carbons (Fsp3) is 0.583. The van der Waals surface area contributed by atoms with Crippen molar-refractivity contribution in [3.63, 3.8) is 0 Å². The smallest absolute Gasteiger partial charge is 0.0270 e. The Balaban J connectivity index is 2.04. The monoisotopic (exact) mass is 190 g/mol. The Bertz CT molecular complexity index is 271. The second kappa shape index (κ2) is 4.56. The predicted molar refractivity (Wildman–Crippen MR) is 58.3 cm³/mol. The van der Waals surface area contributed by atoms with Gasteiger partial charge in [0.15, 0.2) is 0 Å². The first-order valence-electron chi connectivity index (χ1n) is 5.52. The summed E-state index contributed by atoms with van der Waals surface area (Å²) in [6, 6.07) is 4.31. The number of hydrogen-bond acceptors (Lipinski definition) is 2. The minimum absolute atomic E-state index is 0.728. The molecule has 0 bridgehead atoms. The number of nitrogens with zero attached hydrogens (tertiary/aromatic N) is 2. The fourth-order valence-corrected chi connectivity index (χ4v) is 2.25. The lowest BCUT2D eigenvalue weighted by Gasteiger charge is -2.31. The summed E-state index contributed by atoms with van der Waals surface area (Å²) < 4.78 is 0. The molecule has 1 saturated heterocycles. The predicted octanol–water partition coefficient (Wildman–Crippen LogP) is 2.28. The van der Waals surface area contributed by atoms with E-state index in [0.717, 1.165) is 5.92 Å². The zero-order valence-corrected chi connectivity index (χ0v) is 8.82. The maximum absolute atomic E-state index is 4.07. The first kappa shape index (κ1) is 9.66. The van der Waals surface area contributed by atoms with Crippen LogP contribution in [0.3, 0.4) is 0 Å². The van der Waals surface area contributed by atoms with E-state index in [1.54, 1.807) is 0 Å². The van der Waals surface area contributed by atoms with Crippen LogP contribution in [0.2, 0.25) is 0 Å². The van der Waals surface area contributed by atoms with Crippen molar-refractivity contribution in [1.29, 1.82) is 0 Å². The van der Waals surface area contributed by atoms with Gasteiger partial charge in [-0.2, -0.15) is 0 Å². The molecule has 1 aliphatic rings. The van der Waals surface area contributed by atoms with E-state index in [1.165, 1.54) is 38.0 Å². The number of hydrogen-bond donors (Lipinski definition) is 0. The van der Waals surface area contributed by atoms with E-state index in [4.69, 9.17) is 0 Å². The Morgan fingerprint density at radius 1 is 1.43 bits per heavy atom. The quantitative estimate of drug-likeness (QED) is 0.711. The van der Waals surface area contributed by atoms with Crippen molar-refractivity contribution in [3.05, 3.63) is 30.1 Å². The SMILES string of the molecule is CCN1CCCC(c2ccncc2)C1. The normalized spacial score (nSPS) is 23.6. The lowest BCUT2D eigenvalue weighted by atomic mass is 9.91. The van der Waals surface area contributed by atoms with Gasteiger partial charge < -0.3 is 4.90 Å². The summed E-state index contributed by atoms with van der Waals surface area (Å²) in [5.74, 6) is 0.728. The highest BCUT2D eigenvalue weighted by Crippen LogP contribution is 2.25. The third-order valence-electron chi connectivity index (χ3n) is 3.13. The van der Waals surface area contributed by atoms with Gasteiger partial charge in [0.25, 0.3) is 0 Å². The fourth-order valence-electron chi connectivity index (χ4n) is 2.25. The highest BCUT2D eigenvalue weighted by atomic mass is 15.1. The Morgan fingerprint density at radius 3 is 2.93 bits per heavy atom. The van der Waals surface area contributed by atoms with Crippen LogP contribution in [0.1, 0.15) is 31.2 Å². The van der Waals surface area contributed by atoms with Crippen LogP contribution in [0, 0.1) is 0 Å². The summed E-state index contributed by atoms with van der Waals surface area (Å²) in [6.45, 7) is 5.93. The maximum Gasteiger partial charge on any atom is 0.0270 e. The number of pyridine rings is 1. The van der Waals surface area contributed by atoms with Crippen molar-refractivity contribution >= 4 is 0 Å². The second-order valence-corrected chi connectivity index (χ2v) is 4.01. The summed E-state index contributed by atoms with van der Waals surface area (Å²) in [6.07, 6.45) is 6.47. The van der Waals surface area contributed by atoms with Crippen molar-refractivity contribution in [1.82, 2.24) is 9.88 Å². The molecule has 2 heterocycles. The molecular weight excluding hydrogens is 172 g/mol. The van der Waals surface area contributed by atoms with Gasteiger partial charge in [-0.05, 0) is 49.5 Å². The van der Waals surface area contributed by atoms with E-state index in [-0.39, 0.29) is 0 Å². The molecule has 1 aliphatic heterocycles. The Hall–Kier alpha value is -0.890. The van der Waals surface area contributed by atoms with Crippen LogP contribution in [0.5, 0.6) is 0 Å². The largest absolute Gasteiger partial charge is 0.303 e. The number of aromatic nitrogens is 1. The van der Waals surface area contributed by atoms with Gasteiger partial charge in [0.2, 0.25) is 0 Å². The standard InChI is InChI=1S/C12H18N2/c1-2-14-9-3-4-12(10-14)11-5-7-13-8-6-11/h5-8,12H,2-4,9-10H2,1H3. The molecule has 0 aliphatic carbocycles. The van der Waals surface area contributed by atoms with Crippen LogP contribution < -0.4 is 0 Å². The minimum Gasteiger partial charge on any atom is -0.303 e. The lowest BCUT2D eigenvalue weighted by molar-refractivity contribution is 0.218. The lowest BCUT2D eigenvalue weighted by Crippen LogP contribution is -2.34. The summed E-state index contributed by atoms with van der Waals surface area (Å²) in [4.78, 5) is 6.60. The van der Waals surface area contributed by atoms with Crippen LogP contribution in [0.15, 0.2) is 24.5 Å². The third-order valence-corrected chi connectivity index (χ3v) is 3.13. The second-order valence-electron chi connectivity index (χ2n) is 4.01. The van der Waals surface area contributed by atoms with Crippen molar-refractivity contribution in [2.45, 2.75) is 25.7 Å². The molecule has 0 aromatic carbocycles. The molecule has 0 saturated carbocycles. The number of piperidine rings is 1. The first-order valence-corrected chi connectivity index (χ1v) is 5.52. The van der Waals surface area contributed by atoms with Crippen LogP contribution in [-0.4, -0.2) is 29.5 Å². The van der Waals surface area contributed by atoms with E-state index in [9.17, 15) is 0 Å². The van der Waals surface area contributed by atoms with Gasteiger partial charge in [-0.1, -0.05) is 6.92 Å². The third kappa shape index (κ3) is 2.13. The average molecular weight is 190 g/mol. The van der Waals surface area contributed by atoms with Crippen molar-refractivity contribution in [2.75, 3.05) is 19.6 Å². The van der Waals surface area contributed by atoms with E-state index in [1.807, 2.05) is 12.4 Å². The Morgan fingerprint density at radius 2 is 2.21 bits per heavy atom.